The van der Waals surface area contributed by atoms with E-state index in [0.717, 1.165) is 36.9 Å². The maximum Gasteiger partial charge on any atom is 0.286 e. The smallest absolute Gasteiger partial charge is 0.286 e. The third-order valence-electron chi connectivity index (χ3n) is 6.08. The number of ether oxygens (including phenoxy) is 1. The zero-order valence-electron chi connectivity index (χ0n) is 19.1. The van der Waals surface area contributed by atoms with Gasteiger partial charge in [-0.25, -0.2) is 0 Å². The maximum atomic E-state index is 12.6. The molecule has 0 atom stereocenters. The first-order valence-corrected chi connectivity index (χ1v) is 11.3. The number of amides is 2. The van der Waals surface area contributed by atoms with Gasteiger partial charge in [-0.15, -0.1) is 0 Å². The number of hydrogen-bond donors (Lipinski definition) is 1. The summed E-state index contributed by atoms with van der Waals surface area (Å²) >= 11 is 0. The molecule has 2 heterocycles. The molecule has 31 heavy (non-hydrogen) atoms. The standard InChI is InChI=1S/C25H34N2O4/c1-5-7-8-9-14-26-24(29)22-13-11-19(31-22)16-27-20-15-18(25(3,4)6-2)10-12-21(20)30-17-23(27)28/h10-13,15H,5-9,14,16-17H2,1-4H3,(H,26,29). The van der Waals surface area contributed by atoms with E-state index in [1.165, 1.54) is 6.42 Å². The van der Waals surface area contributed by atoms with Gasteiger partial charge in [-0.2, -0.15) is 0 Å². The highest BCUT2D eigenvalue weighted by molar-refractivity contribution is 5.98. The Hall–Kier alpha value is -2.76. The minimum atomic E-state index is -0.219. The van der Waals surface area contributed by atoms with Gasteiger partial charge in [0, 0.05) is 6.54 Å². The summed E-state index contributed by atoms with van der Waals surface area (Å²) in [6, 6.07) is 9.45. The number of carbonyl (C=O) groups is 2. The molecule has 0 unspecified atom stereocenters. The van der Waals surface area contributed by atoms with E-state index >= 15 is 0 Å². The van der Waals surface area contributed by atoms with Gasteiger partial charge in [0.15, 0.2) is 12.4 Å². The summed E-state index contributed by atoms with van der Waals surface area (Å²) in [7, 11) is 0. The fourth-order valence-corrected chi connectivity index (χ4v) is 3.58. The summed E-state index contributed by atoms with van der Waals surface area (Å²) in [5, 5.41) is 2.90. The number of benzene rings is 1. The lowest BCUT2D eigenvalue weighted by atomic mass is 9.82. The number of unbranched alkanes of at least 4 members (excludes halogenated alkanes) is 3. The number of fused-ring (bicyclic) bond motifs is 1. The second-order valence-electron chi connectivity index (χ2n) is 8.77. The van der Waals surface area contributed by atoms with Crippen LogP contribution in [0.4, 0.5) is 5.69 Å². The first-order valence-electron chi connectivity index (χ1n) is 11.3. The van der Waals surface area contributed by atoms with E-state index in [1.807, 2.05) is 12.1 Å². The van der Waals surface area contributed by atoms with Crippen LogP contribution in [0.5, 0.6) is 5.75 Å². The van der Waals surface area contributed by atoms with Crippen LogP contribution in [0, 0.1) is 0 Å². The molecule has 0 radical (unpaired) electrons. The predicted octanol–water partition coefficient (Wildman–Crippen LogP) is 5.20. The minimum Gasteiger partial charge on any atom is -0.482 e. The summed E-state index contributed by atoms with van der Waals surface area (Å²) in [6.45, 7) is 9.57. The van der Waals surface area contributed by atoms with Gasteiger partial charge in [0.25, 0.3) is 11.8 Å². The summed E-state index contributed by atoms with van der Waals surface area (Å²) in [5.41, 5.74) is 1.89. The Morgan fingerprint density at radius 3 is 2.68 bits per heavy atom. The highest BCUT2D eigenvalue weighted by Gasteiger charge is 2.29. The number of furan rings is 1. The molecule has 1 aromatic heterocycles. The molecule has 6 heteroatoms. The largest absolute Gasteiger partial charge is 0.482 e. The van der Waals surface area contributed by atoms with Gasteiger partial charge >= 0.3 is 0 Å². The second-order valence-corrected chi connectivity index (χ2v) is 8.77. The molecule has 168 valence electrons. The van der Waals surface area contributed by atoms with Crippen LogP contribution >= 0.6 is 0 Å². The van der Waals surface area contributed by atoms with E-state index in [-0.39, 0.29) is 36.1 Å². The van der Waals surface area contributed by atoms with Crippen molar-refractivity contribution in [1.82, 2.24) is 5.32 Å². The van der Waals surface area contributed by atoms with E-state index in [9.17, 15) is 9.59 Å². The number of nitrogens with one attached hydrogen (secondary N) is 1. The van der Waals surface area contributed by atoms with Crippen molar-refractivity contribution in [2.45, 2.75) is 71.8 Å². The SMILES string of the molecule is CCCCCCNC(=O)c1ccc(CN2C(=O)COc3ccc(C(C)(C)CC)cc32)o1. The van der Waals surface area contributed by atoms with Crippen LogP contribution in [0.15, 0.2) is 34.7 Å². The van der Waals surface area contributed by atoms with E-state index in [0.29, 0.717) is 18.1 Å². The number of carbonyl (C=O) groups excluding carboxylic acids is 2. The molecule has 2 amide bonds. The van der Waals surface area contributed by atoms with Gasteiger partial charge in [-0.05, 0) is 48.1 Å². The molecule has 6 nitrogen and oxygen atoms in total. The summed E-state index contributed by atoms with van der Waals surface area (Å²) in [5.74, 6) is 1.18. The zero-order chi connectivity index (χ0) is 22.4. The number of anilines is 1. The van der Waals surface area contributed by atoms with Crippen LogP contribution in [0.25, 0.3) is 0 Å². The quantitative estimate of drug-likeness (QED) is 0.530. The molecule has 0 saturated carbocycles. The van der Waals surface area contributed by atoms with Crippen LogP contribution in [-0.2, 0) is 16.8 Å². The second kappa shape index (κ2) is 10.0. The fraction of sp³-hybridized carbons (Fsp3) is 0.520. The van der Waals surface area contributed by atoms with E-state index in [4.69, 9.17) is 9.15 Å². The number of nitrogens with zero attached hydrogens (tertiary/aromatic N) is 1. The van der Waals surface area contributed by atoms with E-state index in [1.54, 1.807) is 17.0 Å². The van der Waals surface area contributed by atoms with Crippen molar-refractivity contribution in [3.05, 3.63) is 47.4 Å². The van der Waals surface area contributed by atoms with Crippen LogP contribution in [0.1, 0.15) is 81.7 Å². The molecule has 1 aliphatic rings. The first kappa shape index (κ1) is 22.9. The molecule has 1 aromatic carbocycles. The van der Waals surface area contributed by atoms with Crippen molar-refractivity contribution in [2.75, 3.05) is 18.1 Å². The van der Waals surface area contributed by atoms with Gasteiger partial charge < -0.3 is 14.5 Å². The summed E-state index contributed by atoms with van der Waals surface area (Å²) < 4.78 is 11.4. The van der Waals surface area contributed by atoms with Crippen molar-refractivity contribution in [3.63, 3.8) is 0 Å². The average molecular weight is 427 g/mol. The highest BCUT2D eigenvalue weighted by Crippen LogP contribution is 2.38. The van der Waals surface area contributed by atoms with Gasteiger partial charge in [-0.3, -0.25) is 14.5 Å². The van der Waals surface area contributed by atoms with Gasteiger partial charge in [0.1, 0.15) is 11.5 Å². The highest BCUT2D eigenvalue weighted by atomic mass is 16.5. The normalized spacial score (nSPS) is 13.7. The minimum absolute atomic E-state index is 0.00463. The number of rotatable bonds is 10. The Balaban J connectivity index is 1.71. The van der Waals surface area contributed by atoms with Crippen molar-refractivity contribution >= 4 is 17.5 Å². The molecule has 0 saturated heterocycles. The number of hydrogen-bond acceptors (Lipinski definition) is 4. The lowest BCUT2D eigenvalue weighted by Gasteiger charge is -2.31. The third-order valence-corrected chi connectivity index (χ3v) is 6.08. The maximum absolute atomic E-state index is 12.6. The fourth-order valence-electron chi connectivity index (χ4n) is 3.58. The molecule has 1 N–H and O–H groups in total. The van der Waals surface area contributed by atoms with Crippen molar-refractivity contribution < 1.29 is 18.7 Å². The Morgan fingerprint density at radius 1 is 1.13 bits per heavy atom. The van der Waals surface area contributed by atoms with Crippen molar-refractivity contribution in [1.29, 1.82) is 0 Å². The average Bonchev–Trinajstić information content (AvgIpc) is 3.24. The lowest BCUT2D eigenvalue weighted by Crippen LogP contribution is -2.38. The topological polar surface area (TPSA) is 71.8 Å². The molecule has 2 aromatic rings. The van der Waals surface area contributed by atoms with Gasteiger partial charge in [0.05, 0.1) is 12.2 Å². The Kier molecular flexibility index (Phi) is 7.42. The molecular weight excluding hydrogens is 392 g/mol. The van der Waals surface area contributed by atoms with Crippen LogP contribution in [-0.4, -0.2) is 25.0 Å². The molecule has 0 bridgehead atoms. The predicted molar refractivity (Wildman–Crippen MR) is 122 cm³/mol. The molecule has 1 aliphatic heterocycles. The van der Waals surface area contributed by atoms with Crippen molar-refractivity contribution in [3.8, 4) is 5.75 Å². The Labute approximate surface area is 184 Å². The monoisotopic (exact) mass is 426 g/mol. The summed E-state index contributed by atoms with van der Waals surface area (Å²) in [4.78, 5) is 26.6. The summed E-state index contributed by atoms with van der Waals surface area (Å²) in [6.07, 6.45) is 5.39. The Bertz CT molecular complexity index is 916. The lowest BCUT2D eigenvalue weighted by molar-refractivity contribution is -0.121. The molecule has 0 aliphatic carbocycles. The van der Waals surface area contributed by atoms with Crippen molar-refractivity contribution in [2.24, 2.45) is 0 Å². The first-order chi connectivity index (χ1) is 14.9. The Morgan fingerprint density at radius 2 is 1.94 bits per heavy atom. The third kappa shape index (κ3) is 5.49. The van der Waals surface area contributed by atoms with E-state index < -0.39 is 0 Å². The van der Waals surface area contributed by atoms with Crippen LogP contribution < -0.4 is 15.0 Å². The van der Waals surface area contributed by atoms with Gasteiger partial charge in [0.2, 0.25) is 0 Å². The molecule has 3 rings (SSSR count). The molecule has 0 fully saturated rings. The molecular formula is C25H34N2O4. The van der Waals surface area contributed by atoms with Crippen LogP contribution in [0.2, 0.25) is 0 Å². The van der Waals surface area contributed by atoms with Crippen LogP contribution in [0.3, 0.4) is 0 Å². The molecule has 0 spiro atoms. The zero-order valence-corrected chi connectivity index (χ0v) is 19.1. The van der Waals surface area contributed by atoms with E-state index in [2.05, 4.69) is 39.1 Å². The van der Waals surface area contributed by atoms with Gasteiger partial charge in [-0.1, -0.05) is 53.0 Å².